The van der Waals surface area contributed by atoms with Crippen molar-refractivity contribution in [2.24, 2.45) is 5.10 Å². The molecule has 0 unspecified atom stereocenters. The molecule has 1 amide bonds. The highest BCUT2D eigenvalue weighted by Gasteiger charge is 2.14. The fourth-order valence-corrected chi connectivity index (χ4v) is 2.52. The molecule has 0 saturated carbocycles. The molecule has 0 aliphatic rings. The first-order valence-corrected chi connectivity index (χ1v) is 8.34. The molecule has 1 heterocycles. The van der Waals surface area contributed by atoms with Crippen LogP contribution in [0, 0.1) is 10.1 Å². The van der Waals surface area contributed by atoms with Crippen molar-refractivity contribution in [3.05, 3.63) is 63.9 Å². The van der Waals surface area contributed by atoms with Crippen molar-refractivity contribution >= 4 is 28.8 Å². The summed E-state index contributed by atoms with van der Waals surface area (Å²) in [6.07, 6.45) is 1.45. The molecule has 0 saturated heterocycles. The minimum atomic E-state index is -0.575. The Bertz CT molecular complexity index is 1060. The lowest BCUT2D eigenvalue weighted by Gasteiger charge is -2.09. The van der Waals surface area contributed by atoms with Crippen LogP contribution < -0.4 is 14.9 Å². The van der Waals surface area contributed by atoms with E-state index in [1.165, 1.54) is 30.5 Å². The number of hydrogen-bond donors (Lipinski definition) is 1. The molecule has 0 fully saturated rings. The quantitative estimate of drug-likeness (QED) is 0.379. The van der Waals surface area contributed by atoms with E-state index in [0.717, 1.165) is 0 Å². The summed E-state index contributed by atoms with van der Waals surface area (Å²) in [5, 5.41) is 15.2. The van der Waals surface area contributed by atoms with Gasteiger partial charge in [-0.3, -0.25) is 14.9 Å². The number of amides is 1. The molecule has 0 aliphatic carbocycles. The highest BCUT2D eigenvalue weighted by Crippen LogP contribution is 2.27. The standard InChI is InChI=1S/C19H17N3O6/c1-3-27-17-8-12(4-6-16(17)26-2)11-20-21-19(23)18-10-13-9-14(22(24)25)5-7-15(13)28-18/h4-11H,3H2,1-2H3,(H,21,23)/b20-11-. The lowest BCUT2D eigenvalue weighted by atomic mass is 10.2. The van der Waals surface area contributed by atoms with E-state index < -0.39 is 10.8 Å². The minimum Gasteiger partial charge on any atom is -0.493 e. The minimum absolute atomic E-state index is 0.00242. The molecule has 9 heteroatoms. The van der Waals surface area contributed by atoms with Gasteiger partial charge in [-0.05, 0) is 42.8 Å². The number of carbonyl (C=O) groups excluding carboxylic acids is 1. The number of nitro groups is 1. The average Bonchev–Trinajstić information content (AvgIpc) is 3.12. The molecule has 2 aromatic carbocycles. The predicted octanol–water partition coefficient (Wildman–Crippen LogP) is 3.51. The van der Waals surface area contributed by atoms with E-state index in [-0.39, 0.29) is 11.4 Å². The Labute approximate surface area is 159 Å². The zero-order chi connectivity index (χ0) is 20.1. The largest absolute Gasteiger partial charge is 0.493 e. The number of carbonyl (C=O) groups is 1. The molecule has 0 spiro atoms. The number of benzene rings is 2. The summed E-state index contributed by atoms with van der Waals surface area (Å²) in [7, 11) is 1.55. The molecule has 0 aliphatic heterocycles. The number of furan rings is 1. The summed E-state index contributed by atoms with van der Waals surface area (Å²) in [4.78, 5) is 22.5. The number of ether oxygens (including phenoxy) is 2. The van der Waals surface area contributed by atoms with Crippen LogP contribution >= 0.6 is 0 Å². The van der Waals surface area contributed by atoms with Crippen LogP contribution in [0.15, 0.2) is 52.0 Å². The van der Waals surface area contributed by atoms with E-state index in [0.29, 0.717) is 34.6 Å². The average molecular weight is 383 g/mol. The first-order valence-electron chi connectivity index (χ1n) is 8.34. The first kappa shape index (κ1) is 18.9. The number of nitrogens with zero attached hydrogens (tertiary/aromatic N) is 2. The van der Waals surface area contributed by atoms with Gasteiger partial charge in [-0.1, -0.05) is 0 Å². The van der Waals surface area contributed by atoms with Crippen LogP contribution in [-0.2, 0) is 0 Å². The molecule has 0 bridgehead atoms. The van der Waals surface area contributed by atoms with Crippen LogP contribution in [0.3, 0.4) is 0 Å². The number of hydrazone groups is 1. The van der Waals surface area contributed by atoms with Crippen molar-refractivity contribution in [1.82, 2.24) is 5.43 Å². The first-order chi connectivity index (χ1) is 13.5. The molecule has 9 nitrogen and oxygen atoms in total. The Morgan fingerprint density at radius 1 is 1.25 bits per heavy atom. The van der Waals surface area contributed by atoms with Gasteiger partial charge in [0.05, 0.1) is 24.9 Å². The maximum atomic E-state index is 12.2. The van der Waals surface area contributed by atoms with Crippen LogP contribution in [0.25, 0.3) is 11.0 Å². The monoisotopic (exact) mass is 383 g/mol. The zero-order valence-corrected chi connectivity index (χ0v) is 15.2. The molecule has 3 aromatic rings. The van der Waals surface area contributed by atoms with Crippen molar-refractivity contribution in [3.63, 3.8) is 0 Å². The van der Waals surface area contributed by atoms with Crippen molar-refractivity contribution < 1.29 is 23.6 Å². The third-order valence-electron chi connectivity index (χ3n) is 3.80. The Hall–Kier alpha value is -3.88. The second-order valence-electron chi connectivity index (χ2n) is 5.63. The second-order valence-corrected chi connectivity index (χ2v) is 5.63. The van der Waals surface area contributed by atoms with Gasteiger partial charge in [-0.2, -0.15) is 5.10 Å². The van der Waals surface area contributed by atoms with Crippen molar-refractivity contribution in [2.45, 2.75) is 6.92 Å². The molecule has 1 N–H and O–H groups in total. The van der Waals surface area contributed by atoms with Crippen LogP contribution in [-0.4, -0.2) is 30.8 Å². The highest BCUT2D eigenvalue weighted by molar-refractivity contribution is 5.97. The maximum absolute atomic E-state index is 12.2. The van der Waals surface area contributed by atoms with E-state index in [1.54, 1.807) is 25.3 Å². The predicted molar refractivity (Wildman–Crippen MR) is 102 cm³/mol. The van der Waals surface area contributed by atoms with Crippen molar-refractivity contribution in [3.8, 4) is 11.5 Å². The molecule has 28 heavy (non-hydrogen) atoms. The van der Waals surface area contributed by atoms with Crippen LogP contribution in [0.2, 0.25) is 0 Å². The van der Waals surface area contributed by atoms with Gasteiger partial charge < -0.3 is 13.9 Å². The number of methoxy groups -OCH3 is 1. The summed E-state index contributed by atoms with van der Waals surface area (Å²) in [6, 6.07) is 10.8. The fraction of sp³-hybridized carbons (Fsp3) is 0.158. The zero-order valence-electron chi connectivity index (χ0n) is 15.2. The molecule has 0 atom stereocenters. The van der Waals surface area contributed by atoms with E-state index in [4.69, 9.17) is 13.9 Å². The van der Waals surface area contributed by atoms with E-state index in [2.05, 4.69) is 10.5 Å². The van der Waals surface area contributed by atoms with Gasteiger partial charge in [-0.15, -0.1) is 0 Å². The Morgan fingerprint density at radius 3 is 2.79 bits per heavy atom. The summed E-state index contributed by atoms with van der Waals surface area (Å²) < 4.78 is 16.1. The summed E-state index contributed by atoms with van der Waals surface area (Å²) in [5.74, 6) is 0.588. The van der Waals surface area contributed by atoms with E-state index in [1.807, 2.05) is 6.92 Å². The van der Waals surface area contributed by atoms with Gasteiger partial charge in [0.1, 0.15) is 5.58 Å². The lowest BCUT2D eigenvalue weighted by Crippen LogP contribution is -2.16. The van der Waals surface area contributed by atoms with Gasteiger partial charge in [-0.25, -0.2) is 5.43 Å². The van der Waals surface area contributed by atoms with Gasteiger partial charge in [0.25, 0.3) is 5.69 Å². The molecule has 144 valence electrons. The number of hydrogen-bond acceptors (Lipinski definition) is 7. The Morgan fingerprint density at radius 2 is 2.07 bits per heavy atom. The normalized spacial score (nSPS) is 10.9. The van der Waals surface area contributed by atoms with Crippen molar-refractivity contribution in [1.29, 1.82) is 0 Å². The number of rotatable bonds is 7. The van der Waals surface area contributed by atoms with Gasteiger partial charge in [0.15, 0.2) is 17.3 Å². The van der Waals surface area contributed by atoms with Crippen LogP contribution in [0.1, 0.15) is 23.0 Å². The highest BCUT2D eigenvalue weighted by atomic mass is 16.6. The van der Waals surface area contributed by atoms with Gasteiger partial charge >= 0.3 is 5.91 Å². The topological polar surface area (TPSA) is 116 Å². The Balaban J connectivity index is 1.72. The van der Waals surface area contributed by atoms with E-state index >= 15 is 0 Å². The molecular formula is C19H17N3O6. The number of nitrogens with one attached hydrogen (secondary N) is 1. The second kappa shape index (κ2) is 8.21. The summed E-state index contributed by atoms with van der Waals surface area (Å²) in [5.41, 5.74) is 3.35. The van der Waals surface area contributed by atoms with Crippen molar-refractivity contribution in [2.75, 3.05) is 13.7 Å². The summed E-state index contributed by atoms with van der Waals surface area (Å²) >= 11 is 0. The molecule has 3 rings (SSSR count). The Kier molecular flexibility index (Phi) is 5.54. The van der Waals surface area contributed by atoms with Gasteiger partial charge in [0.2, 0.25) is 0 Å². The number of non-ortho nitro benzene ring substituents is 1. The van der Waals surface area contributed by atoms with Crippen LogP contribution in [0.5, 0.6) is 11.5 Å². The summed E-state index contributed by atoms with van der Waals surface area (Å²) in [6.45, 7) is 2.35. The fourth-order valence-electron chi connectivity index (χ4n) is 2.52. The number of nitro benzene ring substituents is 1. The third kappa shape index (κ3) is 4.09. The SMILES string of the molecule is CCOc1cc(/C=N\NC(=O)c2cc3cc([N+](=O)[O-])ccc3o2)ccc1OC. The van der Waals surface area contributed by atoms with Gasteiger partial charge in [0, 0.05) is 17.5 Å². The van der Waals surface area contributed by atoms with Crippen LogP contribution in [0.4, 0.5) is 5.69 Å². The third-order valence-corrected chi connectivity index (χ3v) is 3.80. The molecule has 0 radical (unpaired) electrons. The molecule has 1 aromatic heterocycles. The maximum Gasteiger partial charge on any atom is 0.307 e. The lowest BCUT2D eigenvalue weighted by molar-refractivity contribution is -0.384. The molecular weight excluding hydrogens is 366 g/mol. The smallest absolute Gasteiger partial charge is 0.307 e. The number of fused-ring (bicyclic) bond motifs is 1. The van der Waals surface area contributed by atoms with E-state index in [9.17, 15) is 14.9 Å².